The molecule has 0 saturated carbocycles. The second kappa shape index (κ2) is 7.77. The number of rotatable bonds is 6. The molecule has 0 aliphatic rings. The lowest BCUT2D eigenvalue weighted by molar-refractivity contribution is 0.706. The second-order valence-corrected chi connectivity index (χ2v) is 7.36. The van der Waals surface area contributed by atoms with Crippen LogP contribution in [0, 0.1) is 0 Å². The summed E-state index contributed by atoms with van der Waals surface area (Å²) in [6.07, 6.45) is 3.54. The summed E-state index contributed by atoms with van der Waals surface area (Å²) in [6, 6.07) is 12.2. The molecule has 0 amide bonds. The number of benzene rings is 1. The van der Waals surface area contributed by atoms with Gasteiger partial charge in [0.05, 0.1) is 0 Å². The Hall–Kier alpha value is -1.92. The second-order valence-electron chi connectivity index (χ2n) is 5.50. The molecule has 0 aliphatic carbocycles. The smallest absolute Gasteiger partial charge is 0.192 e. The van der Waals surface area contributed by atoms with Gasteiger partial charge in [-0.05, 0) is 36.8 Å². The standard InChI is InChI=1S/C18H17BrN4S/c1-13(2)11-23-17(15-7-9-20-10-8-15)21-22-18(23)24-12-14-3-5-16(19)6-4-14/h3-10H,1,11-12H2,2H3. The van der Waals surface area contributed by atoms with Crippen LogP contribution in [0.1, 0.15) is 12.5 Å². The van der Waals surface area contributed by atoms with E-state index in [-0.39, 0.29) is 0 Å². The summed E-state index contributed by atoms with van der Waals surface area (Å²) in [4.78, 5) is 4.07. The molecule has 2 aromatic heterocycles. The summed E-state index contributed by atoms with van der Waals surface area (Å²) in [5.41, 5.74) is 3.32. The quantitative estimate of drug-likeness (QED) is 0.432. The van der Waals surface area contributed by atoms with Gasteiger partial charge in [0, 0.05) is 34.7 Å². The Kier molecular flexibility index (Phi) is 5.48. The number of nitrogens with zero attached hydrogens (tertiary/aromatic N) is 4. The van der Waals surface area contributed by atoms with Gasteiger partial charge in [0.1, 0.15) is 0 Å². The zero-order valence-corrected chi connectivity index (χ0v) is 15.7. The fourth-order valence-electron chi connectivity index (χ4n) is 2.25. The summed E-state index contributed by atoms with van der Waals surface area (Å²) in [5.74, 6) is 1.69. The summed E-state index contributed by atoms with van der Waals surface area (Å²) < 4.78 is 3.20. The molecule has 0 bridgehead atoms. The first kappa shape index (κ1) is 16.9. The summed E-state index contributed by atoms with van der Waals surface area (Å²) >= 11 is 5.14. The lowest BCUT2D eigenvalue weighted by Crippen LogP contribution is -2.03. The van der Waals surface area contributed by atoms with Crippen LogP contribution in [0.4, 0.5) is 0 Å². The fourth-order valence-corrected chi connectivity index (χ4v) is 3.41. The zero-order valence-electron chi connectivity index (χ0n) is 13.3. The predicted molar refractivity (Wildman–Crippen MR) is 102 cm³/mol. The van der Waals surface area contributed by atoms with Crippen LogP contribution >= 0.6 is 27.7 Å². The third-order valence-corrected chi connectivity index (χ3v) is 4.93. The maximum absolute atomic E-state index is 4.38. The molecular formula is C18H17BrN4S. The van der Waals surface area contributed by atoms with E-state index in [9.17, 15) is 0 Å². The Morgan fingerprint density at radius 2 is 1.83 bits per heavy atom. The number of hydrogen-bond acceptors (Lipinski definition) is 4. The molecule has 0 fully saturated rings. The van der Waals surface area contributed by atoms with E-state index in [4.69, 9.17) is 0 Å². The monoisotopic (exact) mass is 400 g/mol. The van der Waals surface area contributed by atoms with E-state index in [2.05, 4.69) is 66.5 Å². The fraction of sp³-hybridized carbons (Fsp3) is 0.167. The first-order valence-corrected chi connectivity index (χ1v) is 9.26. The third kappa shape index (κ3) is 4.13. The van der Waals surface area contributed by atoms with Crippen LogP contribution < -0.4 is 0 Å². The van der Waals surface area contributed by atoms with Crippen molar-refractivity contribution in [2.45, 2.75) is 24.4 Å². The Balaban J connectivity index is 1.85. The van der Waals surface area contributed by atoms with Crippen molar-refractivity contribution in [2.75, 3.05) is 0 Å². The highest BCUT2D eigenvalue weighted by Crippen LogP contribution is 2.27. The molecule has 3 aromatic rings. The number of thioether (sulfide) groups is 1. The molecule has 6 heteroatoms. The molecule has 24 heavy (non-hydrogen) atoms. The molecule has 0 spiro atoms. The van der Waals surface area contributed by atoms with Crippen LogP contribution in [-0.2, 0) is 12.3 Å². The van der Waals surface area contributed by atoms with Gasteiger partial charge in [-0.3, -0.25) is 9.55 Å². The molecule has 3 rings (SSSR count). The SMILES string of the molecule is C=C(C)Cn1c(SCc2ccc(Br)cc2)nnc1-c1ccncc1. The van der Waals surface area contributed by atoms with E-state index in [0.29, 0.717) is 6.54 Å². The van der Waals surface area contributed by atoms with Gasteiger partial charge in [-0.25, -0.2) is 0 Å². The summed E-state index contributed by atoms with van der Waals surface area (Å²) in [6.45, 7) is 6.75. The lowest BCUT2D eigenvalue weighted by Gasteiger charge is -2.10. The van der Waals surface area contributed by atoms with Crippen LogP contribution in [0.15, 0.2) is 70.6 Å². The molecule has 0 aliphatic heterocycles. The Morgan fingerprint density at radius 3 is 2.50 bits per heavy atom. The molecule has 4 nitrogen and oxygen atoms in total. The van der Waals surface area contributed by atoms with Crippen molar-refractivity contribution in [2.24, 2.45) is 0 Å². The predicted octanol–water partition coefficient (Wildman–Crippen LogP) is 4.97. The van der Waals surface area contributed by atoms with Gasteiger partial charge in [0.15, 0.2) is 11.0 Å². The zero-order chi connectivity index (χ0) is 16.9. The van der Waals surface area contributed by atoms with E-state index in [1.165, 1.54) is 5.56 Å². The van der Waals surface area contributed by atoms with E-state index >= 15 is 0 Å². The number of pyridine rings is 1. The molecule has 2 heterocycles. The number of halogens is 1. The van der Waals surface area contributed by atoms with Crippen molar-refractivity contribution in [3.63, 3.8) is 0 Å². The van der Waals surface area contributed by atoms with Crippen molar-refractivity contribution in [3.05, 3.63) is 71.0 Å². The third-order valence-electron chi connectivity index (χ3n) is 3.36. The topological polar surface area (TPSA) is 43.6 Å². The van der Waals surface area contributed by atoms with Gasteiger partial charge >= 0.3 is 0 Å². The van der Waals surface area contributed by atoms with Gasteiger partial charge in [-0.2, -0.15) is 0 Å². The molecule has 0 radical (unpaired) electrons. The van der Waals surface area contributed by atoms with Crippen molar-refractivity contribution < 1.29 is 0 Å². The average molecular weight is 401 g/mol. The van der Waals surface area contributed by atoms with Crippen LogP contribution in [0.25, 0.3) is 11.4 Å². The van der Waals surface area contributed by atoms with E-state index < -0.39 is 0 Å². The van der Waals surface area contributed by atoms with Crippen molar-refractivity contribution in [1.82, 2.24) is 19.7 Å². The maximum Gasteiger partial charge on any atom is 0.192 e. The highest BCUT2D eigenvalue weighted by atomic mass is 79.9. The molecule has 0 saturated heterocycles. The van der Waals surface area contributed by atoms with Gasteiger partial charge in [-0.15, -0.1) is 10.2 Å². The molecular weight excluding hydrogens is 384 g/mol. The highest BCUT2D eigenvalue weighted by Gasteiger charge is 2.14. The van der Waals surface area contributed by atoms with Gasteiger partial charge < -0.3 is 0 Å². The Bertz CT molecular complexity index is 828. The van der Waals surface area contributed by atoms with E-state index in [1.807, 2.05) is 19.1 Å². The van der Waals surface area contributed by atoms with Gasteiger partial charge in [-0.1, -0.05) is 52.0 Å². The molecule has 0 N–H and O–H groups in total. The molecule has 1 aromatic carbocycles. The van der Waals surface area contributed by atoms with Crippen molar-refractivity contribution in [1.29, 1.82) is 0 Å². The Morgan fingerprint density at radius 1 is 1.12 bits per heavy atom. The van der Waals surface area contributed by atoms with Crippen LogP contribution in [-0.4, -0.2) is 19.7 Å². The first-order chi connectivity index (χ1) is 11.6. The summed E-state index contributed by atoms with van der Waals surface area (Å²) in [5, 5.41) is 9.66. The minimum Gasteiger partial charge on any atom is -0.298 e. The minimum absolute atomic E-state index is 0.702. The average Bonchev–Trinajstić information content (AvgIpc) is 2.97. The maximum atomic E-state index is 4.38. The van der Waals surface area contributed by atoms with Crippen LogP contribution in [0.3, 0.4) is 0 Å². The number of hydrogen-bond donors (Lipinski definition) is 0. The first-order valence-electron chi connectivity index (χ1n) is 7.48. The number of aromatic nitrogens is 4. The largest absolute Gasteiger partial charge is 0.298 e. The normalized spacial score (nSPS) is 10.8. The highest BCUT2D eigenvalue weighted by molar-refractivity contribution is 9.10. The lowest BCUT2D eigenvalue weighted by atomic mass is 10.2. The van der Waals surface area contributed by atoms with Crippen molar-refractivity contribution >= 4 is 27.7 Å². The van der Waals surface area contributed by atoms with Crippen LogP contribution in [0.5, 0.6) is 0 Å². The molecule has 0 unspecified atom stereocenters. The van der Waals surface area contributed by atoms with Crippen LogP contribution in [0.2, 0.25) is 0 Å². The van der Waals surface area contributed by atoms with E-state index in [0.717, 1.165) is 32.3 Å². The number of allylic oxidation sites excluding steroid dienone is 1. The Labute approximate surface area is 154 Å². The van der Waals surface area contributed by atoms with E-state index in [1.54, 1.807) is 24.2 Å². The van der Waals surface area contributed by atoms with Crippen molar-refractivity contribution in [3.8, 4) is 11.4 Å². The van der Waals surface area contributed by atoms with Gasteiger partial charge in [0.2, 0.25) is 0 Å². The van der Waals surface area contributed by atoms with Gasteiger partial charge in [0.25, 0.3) is 0 Å². The minimum atomic E-state index is 0.702. The molecule has 122 valence electrons. The summed E-state index contributed by atoms with van der Waals surface area (Å²) in [7, 11) is 0. The molecule has 0 atom stereocenters.